The minimum atomic E-state index is -4.30. The van der Waals surface area contributed by atoms with Crippen LogP contribution in [0.2, 0.25) is 0 Å². The highest BCUT2D eigenvalue weighted by molar-refractivity contribution is 7.52. The summed E-state index contributed by atoms with van der Waals surface area (Å²) in [7, 11) is -8.41. The lowest BCUT2D eigenvalue weighted by atomic mass is 10.2. The first-order valence-electron chi connectivity index (χ1n) is 6.70. The van der Waals surface area contributed by atoms with Gasteiger partial charge in [0.2, 0.25) is 0 Å². The molecular formula is C10H26N2O6P2. The van der Waals surface area contributed by atoms with Gasteiger partial charge in [-0.25, -0.2) is 0 Å². The van der Waals surface area contributed by atoms with Gasteiger partial charge in [-0.1, -0.05) is 12.8 Å². The van der Waals surface area contributed by atoms with Gasteiger partial charge < -0.3 is 30.6 Å². The monoisotopic (exact) mass is 332 g/mol. The highest BCUT2D eigenvalue weighted by Crippen LogP contribution is 2.43. The molecule has 0 heterocycles. The summed E-state index contributed by atoms with van der Waals surface area (Å²) in [6, 6.07) is 0. The third-order valence-corrected chi connectivity index (χ3v) is 5.00. The second-order valence-electron chi connectivity index (χ2n) is 4.79. The minimum Gasteiger partial charge on any atom is -0.330 e. The van der Waals surface area contributed by atoms with Crippen molar-refractivity contribution in [3.05, 3.63) is 0 Å². The molecule has 0 aliphatic carbocycles. The molecule has 1 unspecified atom stereocenters. The fourth-order valence-corrected chi connectivity index (χ4v) is 3.25. The fourth-order valence-electron chi connectivity index (χ4n) is 1.77. The van der Waals surface area contributed by atoms with Gasteiger partial charge in [-0.15, -0.1) is 0 Å². The van der Waals surface area contributed by atoms with E-state index in [2.05, 4.69) is 5.32 Å². The van der Waals surface area contributed by atoms with Crippen LogP contribution in [0.15, 0.2) is 0 Å². The zero-order valence-corrected chi connectivity index (χ0v) is 13.3. The Kier molecular flexibility index (Phi) is 10.1. The average molecular weight is 332 g/mol. The van der Waals surface area contributed by atoms with E-state index in [1.807, 2.05) is 0 Å². The van der Waals surface area contributed by atoms with Crippen LogP contribution in [0.4, 0.5) is 0 Å². The van der Waals surface area contributed by atoms with E-state index in [-0.39, 0.29) is 19.0 Å². The summed E-state index contributed by atoms with van der Waals surface area (Å²) >= 11 is 0. The van der Waals surface area contributed by atoms with Crippen molar-refractivity contribution in [2.24, 2.45) is 5.73 Å². The van der Waals surface area contributed by atoms with Crippen molar-refractivity contribution < 1.29 is 28.7 Å². The molecule has 0 rings (SSSR count). The number of rotatable bonds is 12. The molecule has 0 bridgehead atoms. The van der Waals surface area contributed by atoms with Crippen LogP contribution in [0.3, 0.4) is 0 Å². The number of hydrogen-bond donors (Lipinski definition) is 6. The van der Waals surface area contributed by atoms with E-state index in [0.29, 0.717) is 13.1 Å². The van der Waals surface area contributed by atoms with Gasteiger partial charge in [0.1, 0.15) is 5.78 Å². The van der Waals surface area contributed by atoms with Crippen molar-refractivity contribution in [3.63, 3.8) is 0 Å². The summed E-state index contributed by atoms with van der Waals surface area (Å²) in [5, 5.41) is 2.78. The Morgan fingerprint density at radius 2 is 1.55 bits per heavy atom. The largest absolute Gasteiger partial charge is 0.342 e. The molecule has 20 heavy (non-hydrogen) atoms. The number of hydrogen-bond acceptors (Lipinski definition) is 4. The first-order chi connectivity index (χ1) is 9.17. The smallest absolute Gasteiger partial charge is 0.330 e. The summed E-state index contributed by atoms with van der Waals surface area (Å²) in [5.41, 5.74) is 5.36. The van der Waals surface area contributed by atoms with Crippen LogP contribution >= 0.6 is 15.2 Å². The molecule has 0 fully saturated rings. The lowest BCUT2D eigenvalue weighted by Gasteiger charge is -2.20. The van der Waals surface area contributed by atoms with Crippen molar-refractivity contribution in [3.8, 4) is 0 Å². The van der Waals surface area contributed by atoms with Gasteiger partial charge in [0, 0.05) is 6.16 Å². The molecular weight excluding hydrogens is 306 g/mol. The SMILES string of the molecule is NCCCCCCNC(CCCP(=O)(O)O)P(=O)(O)O. The van der Waals surface area contributed by atoms with Crippen LogP contribution in [0, 0.1) is 0 Å². The highest BCUT2D eigenvalue weighted by Gasteiger charge is 2.28. The second kappa shape index (κ2) is 10.0. The van der Waals surface area contributed by atoms with E-state index < -0.39 is 21.0 Å². The third-order valence-electron chi connectivity index (χ3n) is 2.84. The van der Waals surface area contributed by atoms with Gasteiger partial charge in [-0.2, -0.15) is 0 Å². The van der Waals surface area contributed by atoms with E-state index in [9.17, 15) is 18.9 Å². The van der Waals surface area contributed by atoms with E-state index in [0.717, 1.165) is 25.7 Å². The van der Waals surface area contributed by atoms with Gasteiger partial charge in [0.05, 0.1) is 0 Å². The molecule has 8 nitrogen and oxygen atoms in total. The fraction of sp³-hybridized carbons (Fsp3) is 1.00. The summed E-state index contributed by atoms with van der Waals surface area (Å²) in [6.07, 6.45) is 3.39. The van der Waals surface area contributed by atoms with E-state index in [1.165, 1.54) is 0 Å². The number of nitrogens with two attached hydrogens (primary N) is 1. The van der Waals surface area contributed by atoms with E-state index >= 15 is 0 Å². The van der Waals surface area contributed by atoms with Gasteiger partial charge in [0.15, 0.2) is 0 Å². The van der Waals surface area contributed by atoms with Crippen LogP contribution in [-0.4, -0.2) is 44.6 Å². The van der Waals surface area contributed by atoms with Crippen LogP contribution in [-0.2, 0) is 9.13 Å². The molecule has 7 N–H and O–H groups in total. The molecule has 0 aromatic heterocycles. The molecule has 1 atom stereocenters. The maximum Gasteiger partial charge on any atom is 0.342 e. The highest BCUT2D eigenvalue weighted by atomic mass is 31.2. The first-order valence-corrected chi connectivity index (χ1v) is 10.2. The predicted octanol–water partition coefficient (Wildman–Crippen LogP) is 0.557. The number of nitrogens with one attached hydrogen (secondary N) is 1. The topological polar surface area (TPSA) is 153 Å². The molecule has 0 saturated heterocycles. The molecule has 0 radical (unpaired) electrons. The maximum atomic E-state index is 11.3. The van der Waals surface area contributed by atoms with E-state index in [4.69, 9.17) is 15.5 Å². The van der Waals surface area contributed by atoms with Crippen LogP contribution in [0.25, 0.3) is 0 Å². The lowest BCUT2D eigenvalue weighted by Crippen LogP contribution is -2.30. The molecule has 0 aliphatic heterocycles. The maximum absolute atomic E-state index is 11.3. The van der Waals surface area contributed by atoms with Gasteiger partial charge in [0.25, 0.3) is 0 Å². The van der Waals surface area contributed by atoms with Crippen molar-refractivity contribution in [2.75, 3.05) is 19.3 Å². The Morgan fingerprint density at radius 1 is 0.950 bits per heavy atom. The zero-order chi connectivity index (χ0) is 15.6. The molecule has 122 valence electrons. The van der Waals surface area contributed by atoms with Gasteiger partial charge >= 0.3 is 15.2 Å². The Bertz CT molecular complexity index is 343. The minimum absolute atomic E-state index is 0.0399. The van der Waals surface area contributed by atoms with Crippen molar-refractivity contribution in [2.45, 2.75) is 44.3 Å². The summed E-state index contributed by atoms with van der Waals surface area (Å²) in [5.74, 6) is -1.04. The molecule has 0 amide bonds. The summed E-state index contributed by atoms with van der Waals surface area (Å²) < 4.78 is 22.0. The lowest BCUT2D eigenvalue weighted by molar-refractivity contribution is 0.336. The Hall–Kier alpha value is 0.220. The quantitative estimate of drug-likeness (QED) is 0.224. The van der Waals surface area contributed by atoms with Crippen LogP contribution in [0.1, 0.15) is 38.5 Å². The second-order valence-corrected chi connectivity index (χ2v) is 8.37. The third kappa shape index (κ3) is 12.0. The van der Waals surface area contributed by atoms with Crippen molar-refractivity contribution in [1.29, 1.82) is 0 Å². The summed E-state index contributed by atoms with van der Waals surface area (Å²) in [4.78, 5) is 35.8. The predicted molar refractivity (Wildman–Crippen MR) is 77.5 cm³/mol. The number of unbranched alkanes of at least 4 members (excludes halogenated alkanes) is 3. The molecule has 0 aromatic carbocycles. The van der Waals surface area contributed by atoms with Crippen LogP contribution < -0.4 is 11.1 Å². The molecule has 0 aromatic rings. The van der Waals surface area contributed by atoms with Gasteiger partial charge in [-0.3, -0.25) is 9.13 Å². The normalized spacial score (nSPS) is 14.4. The Labute approximate surface area is 119 Å². The summed E-state index contributed by atoms with van der Waals surface area (Å²) in [6.45, 7) is 1.11. The molecule has 10 heteroatoms. The molecule has 0 spiro atoms. The Balaban J connectivity index is 3.99. The zero-order valence-electron chi connectivity index (χ0n) is 11.5. The Morgan fingerprint density at radius 3 is 2.05 bits per heavy atom. The average Bonchev–Trinajstić information content (AvgIpc) is 2.28. The first kappa shape index (κ1) is 20.2. The van der Waals surface area contributed by atoms with Gasteiger partial charge in [-0.05, 0) is 38.8 Å². The van der Waals surface area contributed by atoms with Crippen LogP contribution in [0.5, 0.6) is 0 Å². The van der Waals surface area contributed by atoms with Crippen molar-refractivity contribution in [1.82, 2.24) is 5.32 Å². The van der Waals surface area contributed by atoms with Crippen molar-refractivity contribution >= 4 is 15.2 Å². The van der Waals surface area contributed by atoms with E-state index in [1.54, 1.807) is 0 Å². The standard InChI is InChI=1S/C10H26N2O6P2/c11-7-3-1-2-4-8-12-10(20(16,17)18)6-5-9-19(13,14)15/h10,12H,1-9,11H2,(H2,13,14,15)(H2,16,17,18). The molecule has 0 aliphatic rings. The molecule has 0 saturated carbocycles.